The van der Waals surface area contributed by atoms with Gasteiger partial charge in [-0.25, -0.2) is 12.8 Å². The number of nitrogens with one attached hydrogen (secondary N) is 1. The van der Waals surface area contributed by atoms with Gasteiger partial charge < -0.3 is 10.2 Å². The normalized spacial score (nSPS) is 12.8. The number of rotatable bonds is 12. The van der Waals surface area contributed by atoms with Crippen LogP contribution < -0.4 is 9.62 Å². The smallest absolute Gasteiger partial charge is 0.264 e. The largest absolute Gasteiger partial charge is 0.352 e. The van der Waals surface area contributed by atoms with Crippen LogP contribution in [0.25, 0.3) is 0 Å². The molecular formula is C31H38FN3O4S. The highest BCUT2D eigenvalue weighted by molar-refractivity contribution is 7.92. The topological polar surface area (TPSA) is 86.8 Å². The number of carbonyl (C=O) groups is 2. The lowest BCUT2D eigenvalue weighted by atomic mass is 10.1. The summed E-state index contributed by atoms with van der Waals surface area (Å²) in [7, 11) is -4.14. The molecule has 0 aliphatic heterocycles. The lowest BCUT2D eigenvalue weighted by Gasteiger charge is -2.33. The number of aryl methyl sites for hydroxylation is 2. The van der Waals surface area contributed by atoms with Crippen molar-refractivity contribution in [3.63, 3.8) is 0 Å². The quantitative estimate of drug-likeness (QED) is 0.325. The van der Waals surface area contributed by atoms with Crippen molar-refractivity contribution in [3.05, 3.63) is 95.3 Å². The highest BCUT2D eigenvalue weighted by atomic mass is 32.2. The summed E-state index contributed by atoms with van der Waals surface area (Å²) in [4.78, 5) is 28.5. The van der Waals surface area contributed by atoms with E-state index in [9.17, 15) is 22.4 Å². The van der Waals surface area contributed by atoms with Crippen LogP contribution in [0.15, 0.2) is 77.7 Å². The van der Waals surface area contributed by atoms with Crippen LogP contribution in [0, 0.1) is 12.7 Å². The number of anilines is 1. The molecule has 40 heavy (non-hydrogen) atoms. The molecule has 0 aromatic heterocycles. The third-order valence-electron chi connectivity index (χ3n) is 6.96. The fourth-order valence-corrected chi connectivity index (χ4v) is 5.69. The fraction of sp³-hybridized carbons (Fsp3) is 0.355. The maximum absolute atomic E-state index is 14.0. The molecule has 0 saturated carbocycles. The molecular weight excluding hydrogens is 529 g/mol. The molecule has 0 saturated heterocycles. The number of halogens is 1. The van der Waals surface area contributed by atoms with Crippen molar-refractivity contribution in [2.24, 2.45) is 0 Å². The van der Waals surface area contributed by atoms with Gasteiger partial charge in [-0.3, -0.25) is 13.9 Å². The summed E-state index contributed by atoms with van der Waals surface area (Å²) in [6.07, 6.45) is 1.26. The van der Waals surface area contributed by atoms with Crippen LogP contribution in [0.2, 0.25) is 0 Å². The van der Waals surface area contributed by atoms with Crippen molar-refractivity contribution in [1.29, 1.82) is 0 Å². The molecule has 214 valence electrons. The second kappa shape index (κ2) is 13.6. The van der Waals surface area contributed by atoms with Crippen LogP contribution in [0.4, 0.5) is 10.1 Å². The molecule has 0 bridgehead atoms. The molecule has 0 aliphatic rings. The Kier molecular flexibility index (Phi) is 10.5. The molecule has 0 aliphatic carbocycles. The van der Waals surface area contributed by atoms with Gasteiger partial charge in [0.1, 0.15) is 18.4 Å². The third-order valence-corrected chi connectivity index (χ3v) is 8.74. The summed E-state index contributed by atoms with van der Waals surface area (Å²) in [6.45, 7) is 8.68. The Bertz CT molecular complexity index is 1410. The first-order chi connectivity index (χ1) is 19.0. The Balaban J connectivity index is 2.06. The molecule has 0 unspecified atom stereocenters. The molecule has 3 rings (SSSR count). The van der Waals surface area contributed by atoms with Gasteiger partial charge in [-0.15, -0.1) is 0 Å². The van der Waals surface area contributed by atoms with Crippen LogP contribution in [0.1, 0.15) is 50.8 Å². The van der Waals surface area contributed by atoms with Crippen LogP contribution >= 0.6 is 0 Å². The Morgan fingerprint density at radius 2 is 1.55 bits per heavy atom. The second-order valence-corrected chi connectivity index (χ2v) is 11.8. The first-order valence-electron chi connectivity index (χ1n) is 13.5. The van der Waals surface area contributed by atoms with Gasteiger partial charge >= 0.3 is 0 Å². The average molecular weight is 568 g/mol. The molecule has 0 heterocycles. The minimum absolute atomic E-state index is 0.00203. The van der Waals surface area contributed by atoms with Gasteiger partial charge in [-0.2, -0.15) is 0 Å². The third kappa shape index (κ3) is 7.47. The number of hydrogen-bond donors (Lipinski definition) is 1. The zero-order chi connectivity index (χ0) is 29.4. The van der Waals surface area contributed by atoms with Gasteiger partial charge in [0.15, 0.2) is 0 Å². The summed E-state index contributed by atoms with van der Waals surface area (Å²) < 4.78 is 42.7. The van der Waals surface area contributed by atoms with Gasteiger partial charge in [0.25, 0.3) is 10.0 Å². The van der Waals surface area contributed by atoms with Crippen molar-refractivity contribution >= 4 is 27.5 Å². The molecule has 7 nitrogen and oxygen atoms in total. The van der Waals surface area contributed by atoms with Crippen molar-refractivity contribution < 1.29 is 22.4 Å². The van der Waals surface area contributed by atoms with Crippen molar-refractivity contribution in [2.45, 2.75) is 71.0 Å². The van der Waals surface area contributed by atoms with E-state index in [0.29, 0.717) is 24.1 Å². The van der Waals surface area contributed by atoms with E-state index in [-0.39, 0.29) is 23.4 Å². The fourth-order valence-electron chi connectivity index (χ4n) is 4.24. The number of nitrogens with zero attached hydrogens (tertiary/aromatic N) is 2. The Labute approximate surface area is 237 Å². The van der Waals surface area contributed by atoms with Crippen LogP contribution in [-0.4, -0.2) is 43.8 Å². The minimum Gasteiger partial charge on any atom is -0.352 e. The maximum atomic E-state index is 14.0. The molecule has 2 amide bonds. The number of amides is 2. The predicted octanol–water partition coefficient (Wildman–Crippen LogP) is 5.22. The monoisotopic (exact) mass is 567 g/mol. The van der Waals surface area contributed by atoms with E-state index in [1.54, 1.807) is 43.3 Å². The van der Waals surface area contributed by atoms with E-state index in [0.717, 1.165) is 15.4 Å². The Morgan fingerprint density at radius 1 is 0.925 bits per heavy atom. The van der Waals surface area contributed by atoms with Crippen LogP contribution in [-0.2, 0) is 32.6 Å². The van der Waals surface area contributed by atoms with E-state index in [1.807, 2.05) is 39.8 Å². The molecule has 0 radical (unpaired) electrons. The first-order valence-corrected chi connectivity index (χ1v) is 14.9. The molecule has 3 aromatic carbocycles. The number of benzene rings is 3. The molecule has 0 fully saturated rings. The minimum atomic E-state index is -4.14. The van der Waals surface area contributed by atoms with E-state index < -0.39 is 34.3 Å². The van der Waals surface area contributed by atoms with Gasteiger partial charge in [0.05, 0.1) is 10.6 Å². The average Bonchev–Trinajstić information content (AvgIpc) is 2.95. The van der Waals surface area contributed by atoms with E-state index in [4.69, 9.17) is 0 Å². The molecule has 1 N–H and O–H groups in total. The summed E-state index contributed by atoms with van der Waals surface area (Å²) in [5, 5.41) is 2.90. The molecule has 2 atom stereocenters. The van der Waals surface area contributed by atoms with Gasteiger partial charge in [-0.05, 0) is 75.1 Å². The Hall–Kier alpha value is -3.72. The highest BCUT2D eigenvalue weighted by Crippen LogP contribution is 2.28. The zero-order valence-corrected chi connectivity index (χ0v) is 24.5. The maximum Gasteiger partial charge on any atom is 0.264 e. The number of para-hydroxylation sites is 1. The summed E-state index contributed by atoms with van der Waals surface area (Å²) in [5.41, 5.74) is 2.68. The number of sulfonamides is 1. The van der Waals surface area contributed by atoms with Gasteiger partial charge in [-0.1, -0.05) is 61.9 Å². The molecule has 0 spiro atoms. The lowest BCUT2D eigenvalue weighted by molar-refractivity contribution is -0.139. The predicted molar refractivity (Wildman–Crippen MR) is 156 cm³/mol. The van der Waals surface area contributed by atoms with Gasteiger partial charge in [0, 0.05) is 12.6 Å². The summed E-state index contributed by atoms with van der Waals surface area (Å²) in [6, 6.07) is 18.2. The lowest BCUT2D eigenvalue weighted by Crippen LogP contribution is -2.52. The van der Waals surface area contributed by atoms with Crippen LogP contribution in [0.5, 0.6) is 0 Å². The van der Waals surface area contributed by atoms with Crippen molar-refractivity contribution in [2.75, 3.05) is 10.8 Å². The van der Waals surface area contributed by atoms with E-state index >= 15 is 0 Å². The first kappa shape index (κ1) is 30.8. The highest BCUT2D eigenvalue weighted by Gasteiger charge is 2.33. The SMILES string of the molecule is CCc1ccccc1N(CC(=O)N(Cc1ccc(F)cc1)[C@H](C)C(=O)N[C@@H](C)CC)S(=O)(=O)c1ccc(C)cc1. The zero-order valence-electron chi connectivity index (χ0n) is 23.7. The second-order valence-electron chi connectivity index (χ2n) is 9.95. The number of carbonyl (C=O) groups excluding carboxylic acids is 2. The van der Waals surface area contributed by atoms with Crippen molar-refractivity contribution in [1.82, 2.24) is 10.2 Å². The summed E-state index contributed by atoms with van der Waals surface area (Å²) >= 11 is 0. The van der Waals surface area contributed by atoms with E-state index in [1.165, 1.54) is 29.2 Å². The molecule has 3 aromatic rings. The molecule has 9 heteroatoms. The standard InChI is InChI=1S/C31H38FN3O4S/c1-6-23(4)33-31(37)24(5)34(20-25-14-16-27(32)17-15-25)30(36)21-35(29-11-9-8-10-26(29)7-2)40(38,39)28-18-12-22(3)13-19-28/h8-19,23-24H,6-7,20-21H2,1-5H3,(H,33,37)/t23-,24+/m0/s1. The van der Waals surface area contributed by atoms with Crippen molar-refractivity contribution in [3.8, 4) is 0 Å². The van der Waals surface area contributed by atoms with E-state index in [2.05, 4.69) is 5.32 Å². The van der Waals surface area contributed by atoms with Gasteiger partial charge in [0.2, 0.25) is 11.8 Å². The van der Waals surface area contributed by atoms with Crippen LogP contribution in [0.3, 0.4) is 0 Å². The number of hydrogen-bond acceptors (Lipinski definition) is 4. The Morgan fingerprint density at radius 3 is 2.15 bits per heavy atom. The summed E-state index contributed by atoms with van der Waals surface area (Å²) in [5.74, 6) is -1.33.